The second-order valence-corrected chi connectivity index (χ2v) is 3.43. The summed E-state index contributed by atoms with van der Waals surface area (Å²) in [6.45, 7) is 2.24. The molecule has 0 amide bonds. The highest BCUT2D eigenvalue weighted by molar-refractivity contribution is 7.99. The van der Waals surface area contributed by atoms with E-state index in [1.54, 1.807) is 7.11 Å². The van der Waals surface area contributed by atoms with Crippen LogP contribution in [0, 0.1) is 0 Å². The van der Waals surface area contributed by atoms with Crippen molar-refractivity contribution in [3.05, 3.63) is 0 Å². The van der Waals surface area contributed by atoms with Crippen molar-refractivity contribution in [2.75, 3.05) is 18.8 Å². The Morgan fingerprint density at radius 2 is 2.00 bits per heavy atom. The molecule has 0 N–H and O–H groups in total. The zero-order chi connectivity index (χ0) is 7.66. The summed E-state index contributed by atoms with van der Waals surface area (Å²) in [6.07, 6.45) is 5.44. The van der Waals surface area contributed by atoms with Crippen molar-refractivity contribution in [3.8, 4) is 0 Å². The van der Waals surface area contributed by atoms with Crippen LogP contribution in [0.25, 0.3) is 0 Å². The molecule has 0 atom stereocenters. The first-order valence-corrected chi connectivity index (χ1v) is 5.14. The molecule has 0 unspecified atom stereocenters. The summed E-state index contributed by atoms with van der Waals surface area (Å²) >= 11 is 1.88. The van der Waals surface area contributed by atoms with Crippen molar-refractivity contribution >= 4 is 11.8 Å². The summed E-state index contributed by atoms with van der Waals surface area (Å²) in [7, 11) is 1.75. The summed E-state index contributed by atoms with van der Waals surface area (Å²) in [5.74, 6) is 2.11. The molecular weight excluding hydrogens is 144 g/mol. The van der Waals surface area contributed by atoms with Gasteiger partial charge in [0, 0.05) is 7.11 Å². The molecule has 1 nitrogen and oxygen atoms in total. The summed E-state index contributed by atoms with van der Waals surface area (Å²) in [5.41, 5.74) is 0. The largest absolute Gasteiger partial charge is 0.374 e. The van der Waals surface area contributed by atoms with Crippen molar-refractivity contribution in [1.29, 1.82) is 0 Å². The van der Waals surface area contributed by atoms with Gasteiger partial charge in [-0.25, -0.2) is 0 Å². The summed E-state index contributed by atoms with van der Waals surface area (Å²) in [6, 6.07) is 0. The minimum absolute atomic E-state index is 0.853. The number of ether oxygens (including phenoxy) is 1. The Bertz CT molecular complexity index is 49.2. The van der Waals surface area contributed by atoms with E-state index in [1.807, 2.05) is 11.8 Å². The highest BCUT2D eigenvalue weighted by atomic mass is 32.2. The Labute approximate surface area is 68.5 Å². The van der Waals surface area contributed by atoms with E-state index in [1.165, 1.54) is 31.4 Å². The maximum atomic E-state index is 4.91. The van der Waals surface area contributed by atoms with Gasteiger partial charge in [-0.3, -0.25) is 0 Å². The quantitative estimate of drug-likeness (QED) is 0.420. The van der Waals surface area contributed by atoms with Crippen LogP contribution in [0.2, 0.25) is 0 Å². The minimum Gasteiger partial charge on any atom is -0.374 e. The first kappa shape index (κ1) is 10.3. The van der Waals surface area contributed by atoms with E-state index in [4.69, 9.17) is 4.74 Å². The highest BCUT2D eigenvalue weighted by Crippen LogP contribution is 2.06. The molecule has 0 rings (SSSR count). The number of hydrogen-bond acceptors (Lipinski definition) is 2. The van der Waals surface area contributed by atoms with Gasteiger partial charge in [0.15, 0.2) is 0 Å². The molecule has 0 heterocycles. The molecule has 0 saturated carbocycles. The zero-order valence-electron chi connectivity index (χ0n) is 7.06. The smallest absolute Gasteiger partial charge is 0.0917 e. The minimum atomic E-state index is 0.853. The standard InChI is InChI=1S/C8H18OS/c1-3-4-5-6-7-10-8-9-2/h3-8H2,1-2H3. The van der Waals surface area contributed by atoms with Crippen LogP contribution < -0.4 is 0 Å². The number of methoxy groups -OCH3 is 1. The van der Waals surface area contributed by atoms with Crippen molar-refractivity contribution in [2.24, 2.45) is 0 Å². The lowest BCUT2D eigenvalue weighted by molar-refractivity contribution is 0.259. The van der Waals surface area contributed by atoms with Gasteiger partial charge < -0.3 is 4.74 Å². The summed E-state index contributed by atoms with van der Waals surface area (Å²) in [4.78, 5) is 0. The molecule has 0 aliphatic heterocycles. The molecule has 0 aliphatic rings. The fraction of sp³-hybridized carbons (Fsp3) is 1.00. The monoisotopic (exact) mass is 162 g/mol. The molecule has 0 aliphatic carbocycles. The van der Waals surface area contributed by atoms with Gasteiger partial charge in [0.05, 0.1) is 5.94 Å². The number of thioether (sulfide) groups is 1. The van der Waals surface area contributed by atoms with E-state index in [2.05, 4.69) is 6.92 Å². The third-order valence-corrected chi connectivity index (χ3v) is 2.32. The van der Waals surface area contributed by atoms with Gasteiger partial charge in [-0.2, -0.15) is 0 Å². The van der Waals surface area contributed by atoms with E-state index in [-0.39, 0.29) is 0 Å². The predicted octanol–water partition coefficient (Wildman–Crippen LogP) is 2.90. The van der Waals surface area contributed by atoms with Gasteiger partial charge in [0.1, 0.15) is 0 Å². The molecule has 0 bridgehead atoms. The van der Waals surface area contributed by atoms with Crippen LogP contribution in [0.3, 0.4) is 0 Å². The SMILES string of the molecule is CCCCCCSCOC. The second-order valence-electron chi connectivity index (χ2n) is 2.38. The molecule has 0 aromatic carbocycles. The summed E-state index contributed by atoms with van der Waals surface area (Å²) in [5, 5.41) is 0. The fourth-order valence-electron chi connectivity index (χ4n) is 0.773. The van der Waals surface area contributed by atoms with Crippen molar-refractivity contribution in [2.45, 2.75) is 32.6 Å². The van der Waals surface area contributed by atoms with Gasteiger partial charge in [0.2, 0.25) is 0 Å². The maximum Gasteiger partial charge on any atom is 0.0917 e. The normalized spacial score (nSPS) is 10.2. The number of rotatable bonds is 7. The Balaban J connectivity index is 2.65. The molecule has 0 aromatic heterocycles. The van der Waals surface area contributed by atoms with Gasteiger partial charge in [-0.15, -0.1) is 11.8 Å². The molecule has 0 spiro atoms. The third kappa shape index (κ3) is 8.31. The molecule has 62 valence electrons. The Hall–Kier alpha value is 0.310. The third-order valence-electron chi connectivity index (χ3n) is 1.34. The lowest BCUT2D eigenvalue weighted by Crippen LogP contribution is -1.85. The molecule has 0 saturated heterocycles. The van der Waals surface area contributed by atoms with Crippen LogP contribution in [0.5, 0.6) is 0 Å². The maximum absolute atomic E-state index is 4.91. The van der Waals surface area contributed by atoms with Gasteiger partial charge in [-0.05, 0) is 12.2 Å². The van der Waals surface area contributed by atoms with E-state index in [9.17, 15) is 0 Å². The zero-order valence-corrected chi connectivity index (χ0v) is 7.88. The summed E-state index contributed by atoms with van der Waals surface area (Å²) < 4.78 is 4.91. The average Bonchev–Trinajstić information content (AvgIpc) is 1.97. The molecule has 0 aromatic rings. The van der Waals surface area contributed by atoms with Crippen LogP contribution >= 0.6 is 11.8 Å². The van der Waals surface area contributed by atoms with Gasteiger partial charge in [-0.1, -0.05) is 26.2 Å². The molecule has 2 heteroatoms. The van der Waals surface area contributed by atoms with Crippen molar-refractivity contribution < 1.29 is 4.74 Å². The van der Waals surface area contributed by atoms with E-state index in [0.29, 0.717) is 0 Å². The molecule has 10 heavy (non-hydrogen) atoms. The van der Waals surface area contributed by atoms with Crippen LogP contribution in [-0.4, -0.2) is 18.8 Å². The van der Waals surface area contributed by atoms with Crippen molar-refractivity contribution in [1.82, 2.24) is 0 Å². The first-order valence-electron chi connectivity index (χ1n) is 3.98. The Kier molecular flexibility index (Phi) is 9.60. The van der Waals surface area contributed by atoms with Crippen molar-refractivity contribution in [3.63, 3.8) is 0 Å². The van der Waals surface area contributed by atoms with Crippen LogP contribution in [-0.2, 0) is 4.74 Å². The van der Waals surface area contributed by atoms with E-state index < -0.39 is 0 Å². The van der Waals surface area contributed by atoms with Crippen LogP contribution in [0.1, 0.15) is 32.6 Å². The predicted molar refractivity (Wildman–Crippen MR) is 48.5 cm³/mol. The van der Waals surface area contributed by atoms with Gasteiger partial charge >= 0.3 is 0 Å². The molecule has 0 fully saturated rings. The molecular formula is C8H18OS. The first-order chi connectivity index (χ1) is 4.91. The lowest BCUT2D eigenvalue weighted by Gasteiger charge is -1.98. The van der Waals surface area contributed by atoms with E-state index in [0.717, 1.165) is 5.94 Å². The fourth-order valence-corrected chi connectivity index (χ4v) is 1.47. The Morgan fingerprint density at radius 1 is 1.20 bits per heavy atom. The number of unbranched alkanes of at least 4 members (excludes halogenated alkanes) is 3. The van der Waals surface area contributed by atoms with E-state index >= 15 is 0 Å². The van der Waals surface area contributed by atoms with Gasteiger partial charge in [0.25, 0.3) is 0 Å². The van der Waals surface area contributed by atoms with Crippen LogP contribution in [0.15, 0.2) is 0 Å². The van der Waals surface area contributed by atoms with Crippen LogP contribution in [0.4, 0.5) is 0 Å². The average molecular weight is 162 g/mol. The topological polar surface area (TPSA) is 9.23 Å². The lowest BCUT2D eigenvalue weighted by atomic mass is 10.2. The molecule has 0 radical (unpaired) electrons. The second kappa shape index (κ2) is 9.31. The Morgan fingerprint density at radius 3 is 2.60 bits per heavy atom. The highest BCUT2D eigenvalue weighted by Gasteiger charge is 1.87. The number of hydrogen-bond donors (Lipinski definition) is 0.